The summed E-state index contributed by atoms with van der Waals surface area (Å²) >= 11 is 0. The normalized spacial score (nSPS) is 15.1. The summed E-state index contributed by atoms with van der Waals surface area (Å²) in [5, 5.41) is 11.7. The minimum absolute atomic E-state index is 0.0703. The molecular formula is C19H22N4O. The zero-order valence-corrected chi connectivity index (χ0v) is 14.1. The van der Waals surface area contributed by atoms with Crippen LogP contribution in [0.5, 0.6) is 0 Å². The monoisotopic (exact) mass is 322 g/mol. The van der Waals surface area contributed by atoms with Crippen molar-refractivity contribution in [1.82, 2.24) is 9.47 Å². The lowest BCUT2D eigenvalue weighted by molar-refractivity contribution is 0.183. The Bertz CT molecular complexity index is 742. The van der Waals surface area contributed by atoms with E-state index >= 15 is 0 Å². The number of amides is 2. The molecule has 2 amide bonds. The zero-order chi connectivity index (χ0) is 17.1. The maximum atomic E-state index is 12.4. The van der Waals surface area contributed by atoms with Gasteiger partial charge in [0.2, 0.25) is 0 Å². The second-order valence-corrected chi connectivity index (χ2v) is 6.32. The lowest BCUT2D eigenvalue weighted by atomic mass is 10.0. The number of hydrogen-bond donors (Lipinski definition) is 1. The first-order chi connectivity index (χ1) is 11.6. The molecule has 124 valence electrons. The van der Waals surface area contributed by atoms with Crippen LogP contribution >= 0.6 is 0 Å². The average molecular weight is 322 g/mol. The van der Waals surface area contributed by atoms with Crippen molar-refractivity contribution in [3.63, 3.8) is 0 Å². The molecule has 3 rings (SSSR count). The van der Waals surface area contributed by atoms with Gasteiger partial charge >= 0.3 is 6.03 Å². The summed E-state index contributed by atoms with van der Waals surface area (Å²) in [6.45, 7) is 5.78. The van der Waals surface area contributed by atoms with Gasteiger partial charge in [-0.25, -0.2) is 4.79 Å². The predicted molar refractivity (Wildman–Crippen MR) is 93.9 cm³/mol. The smallest absolute Gasteiger partial charge is 0.321 e. The number of nitrogens with one attached hydrogen (secondary N) is 1. The molecule has 1 saturated heterocycles. The molecule has 0 unspecified atom stereocenters. The van der Waals surface area contributed by atoms with E-state index in [1.807, 2.05) is 4.90 Å². The highest BCUT2D eigenvalue weighted by molar-refractivity contribution is 5.89. The van der Waals surface area contributed by atoms with E-state index in [4.69, 9.17) is 5.26 Å². The molecule has 1 aliphatic rings. The lowest BCUT2D eigenvalue weighted by Gasteiger charge is -2.34. The van der Waals surface area contributed by atoms with Gasteiger partial charge in [-0.1, -0.05) is 0 Å². The van der Waals surface area contributed by atoms with Crippen molar-refractivity contribution >= 4 is 11.7 Å². The molecule has 1 aromatic heterocycles. The highest BCUT2D eigenvalue weighted by Crippen LogP contribution is 2.26. The van der Waals surface area contributed by atoms with Crippen LogP contribution in [0.25, 0.3) is 0 Å². The number of rotatable bonds is 2. The van der Waals surface area contributed by atoms with Gasteiger partial charge in [0.25, 0.3) is 0 Å². The van der Waals surface area contributed by atoms with Gasteiger partial charge in [0.05, 0.1) is 11.6 Å². The van der Waals surface area contributed by atoms with Crippen LogP contribution in [0.1, 0.15) is 35.8 Å². The Morgan fingerprint density at radius 1 is 1.08 bits per heavy atom. The van der Waals surface area contributed by atoms with Crippen LogP contribution in [-0.2, 0) is 0 Å². The Labute approximate surface area is 142 Å². The number of nitriles is 1. The predicted octanol–water partition coefficient (Wildman–Crippen LogP) is 3.85. The van der Waals surface area contributed by atoms with Gasteiger partial charge in [-0.05, 0) is 63.1 Å². The Morgan fingerprint density at radius 2 is 1.67 bits per heavy atom. The first-order valence-electron chi connectivity index (χ1n) is 8.29. The number of carbonyl (C=O) groups excluding carboxylic acids is 1. The van der Waals surface area contributed by atoms with Crippen molar-refractivity contribution in [3.05, 3.63) is 53.3 Å². The fourth-order valence-corrected chi connectivity index (χ4v) is 3.41. The summed E-state index contributed by atoms with van der Waals surface area (Å²) < 4.78 is 2.38. The van der Waals surface area contributed by atoms with E-state index in [9.17, 15) is 4.79 Å². The van der Waals surface area contributed by atoms with Crippen molar-refractivity contribution in [1.29, 1.82) is 5.26 Å². The Balaban J connectivity index is 1.58. The Morgan fingerprint density at radius 3 is 2.21 bits per heavy atom. The van der Waals surface area contributed by atoms with Gasteiger partial charge in [0, 0.05) is 36.2 Å². The standard InChI is InChI=1S/C19H22N4O/c1-14-3-4-15(2)23(14)18-9-11-22(12-10-18)19(24)21-17-7-5-16(13-20)6-8-17/h3-8,18H,9-12H2,1-2H3,(H,21,24). The molecule has 0 aliphatic carbocycles. The number of anilines is 1. The zero-order valence-electron chi connectivity index (χ0n) is 14.1. The minimum atomic E-state index is -0.0703. The highest BCUT2D eigenvalue weighted by Gasteiger charge is 2.25. The second-order valence-electron chi connectivity index (χ2n) is 6.32. The number of carbonyl (C=O) groups is 1. The molecule has 24 heavy (non-hydrogen) atoms. The largest absolute Gasteiger partial charge is 0.346 e. The molecule has 2 heterocycles. The molecule has 0 atom stereocenters. The highest BCUT2D eigenvalue weighted by atomic mass is 16.2. The van der Waals surface area contributed by atoms with E-state index in [0.717, 1.165) is 31.6 Å². The summed E-state index contributed by atoms with van der Waals surface area (Å²) in [4.78, 5) is 14.3. The fraction of sp³-hybridized carbons (Fsp3) is 0.368. The SMILES string of the molecule is Cc1ccc(C)n1C1CCN(C(=O)Nc2ccc(C#N)cc2)CC1. The summed E-state index contributed by atoms with van der Waals surface area (Å²) in [7, 11) is 0. The van der Waals surface area contributed by atoms with Gasteiger partial charge in [-0.3, -0.25) is 0 Å². The first-order valence-corrected chi connectivity index (χ1v) is 8.29. The fourth-order valence-electron chi connectivity index (χ4n) is 3.41. The molecule has 2 aromatic rings. The van der Waals surface area contributed by atoms with Crippen molar-refractivity contribution in [2.75, 3.05) is 18.4 Å². The molecule has 0 spiro atoms. The molecule has 1 aliphatic heterocycles. The lowest BCUT2D eigenvalue weighted by Crippen LogP contribution is -2.41. The van der Waals surface area contributed by atoms with Crippen molar-refractivity contribution in [3.8, 4) is 6.07 Å². The van der Waals surface area contributed by atoms with E-state index in [1.165, 1.54) is 11.4 Å². The number of likely N-dealkylation sites (tertiary alicyclic amines) is 1. The summed E-state index contributed by atoms with van der Waals surface area (Å²) in [6.07, 6.45) is 1.94. The molecule has 1 fully saturated rings. The number of piperidine rings is 1. The van der Waals surface area contributed by atoms with Crippen LogP contribution in [0.15, 0.2) is 36.4 Å². The number of benzene rings is 1. The van der Waals surface area contributed by atoms with Crippen LogP contribution in [0.2, 0.25) is 0 Å². The molecule has 1 N–H and O–H groups in total. The van der Waals surface area contributed by atoms with Crippen molar-refractivity contribution in [2.45, 2.75) is 32.7 Å². The maximum Gasteiger partial charge on any atom is 0.321 e. The second kappa shape index (κ2) is 6.79. The first kappa shape index (κ1) is 16.1. The number of nitrogens with zero attached hydrogens (tertiary/aromatic N) is 3. The molecule has 0 bridgehead atoms. The van der Waals surface area contributed by atoms with Crippen LogP contribution in [0.4, 0.5) is 10.5 Å². The van der Waals surface area contributed by atoms with Crippen molar-refractivity contribution < 1.29 is 4.79 Å². The summed E-state index contributed by atoms with van der Waals surface area (Å²) in [5.41, 5.74) is 3.88. The van der Waals surface area contributed by atoms with Crippen molar-refractivity contribution in [2.24, 2.45) is 0 Å². The Hall–Kier alpha value is -2.74. The van der Waals surface area contributed by atoms with E-state index in [-0.39, 0.29) is 6.03 Å². The molecule has 0 saturated carbocycles. The third-order valence-corrected chi connectivity index (χ3v) is 4.71. The van der Waals surface area contributed by atoms with E-state index < -0.39 is 0 Å². The van der Waals surface area contributed by atoms with Gasteiger partial charge < -0.3 is 14.8 Å². The van der Waals surface area contributed by atoms with Gasteiger partial charge in [-0.2, -0.15) is 5.26 Å². The third kappa shape index (κ3) is 3.28. The number of urea groups is 1. The topological polar surface area (TPSA) is 61.1 Å². The number of aromatic nitrogens is 1. The Kier molecular flexibility index (Phi) is 4.57. The molecule has 0 radical (unpaired) electrons. The number of aryl methyl sites for hydroxylation is 2. The molecule has 1 aromatic carbocycles. The van der Waals surface area contributed by atoms with Gasteiger partial charge in [-0.15, -0.1) is 0 Å². The number of hydrogen-bond acceptors (Lipinski definition) is 2. The van der Waals surface area contributed by atoms with Crippen LogP contribution in [0.3, 0.4) is 0 Å². The molecular weight excluding hydrogens is 300 g/mol. The third-order valence-electron chi connectivity index (χ3n) is 4.71. The minimum Gasteiger partial charge on any atom is -0.346 e. The summed E-state index contributed by atoms with van der Waals surface area (Å²) in [5.74, 6) is 0. The van der Waals surface area contributed by atoms with Gasteiger partial charge in [0.15, 0.2) is 0 Å². The van der Waals surface area contributed by atoms with Crippen LogP contribution in [0, 0.1) is 25.2 Å². The maximum absolute atomic E-state index is 12.4. The molecule has 5 nitrogen and oxygen atoms in total. The quantitative estimate of drug-likeness (QED) is 0.913. The molecule has 5 heteroatoms. The van der Waals surface area contributed by atoms with E-state index in [0.29, 0.717) is 11.6 Å². The van der Waals surface area contributed by atoms with E-state index in [2.05, 4.69) is 41.9 Å². The average Bonchev–Trinajstić information content (AvgIpc) is 2.94. The van der Waals surface area contributed by atoms with E-state index in [1.54, 1.807) is 24.3 Å². The summed E-state index contributed by atoms with van der Waals surface area (Å²) in [6, 6.07) is 13.7. The van der Waals surface area contributed by atoms with Gasteiger partial charge in [0.1, 0.15) is 0 Å². The van der Waals surface area contributed by atoms with Crippen LogP contribution < -0.4 is 5.32 Å². The van der Waals surface area contributed by atoms with Crippen LogP contribution in [-0.4, -0.2) is 28.6 Å².